The maximum Gasteiger partial charge on any atom is 0.327 e. The van der Waals surface area contributed by atoms with Crippen LogP contribution < -0.4 is 0 Å². The first-order valence-electron chi connectivity index (χ1n) is 6.46. The number of aryl methyl sites for hydroxylation is 1. The molecule has 2 atom stereocenters. The lowest BCUT2D eigenvalue weighted by molar-refractivity contribution is -0.141. The zero-order valence-electron chi connectivity index (χ0n) is 11.8. The van der Waals surface area contributed by atoms with Crippen molar-refractivity contribution >= 4 is 11.9 Å². The number of carboxylic acid groups (broad SMARTS) is 1. The molecule has 6 heteroatoms. The van der Waals surface area contributed by atoms with Gasteiger partial charge in [-0.15, -0.1) is 0 Å². The van der Waals surface area contributed by atoms with Crippen molar-refractivity contribution in [1.29, 1.82) is 0 Å². The van der Waals surface area contributed by atoms with E-state index in [4.69, 9.17) is 9.84 Å². The number of rotatable bonds is 4. The lowest BCUT2D eigenvalue weighted by Crippen LogP contribution is -2.18. The smallest absolute Gasteiger partial charge is 0.327 e. The van der Waals surface area contributed by atoms with Crippen molar-refractivity contribution in [3.8, 4) is 0 Å². The highest BCUT2D eigenvalue weighted by Crippen LogP contribution is 2.27. The average Bonchev–Trinajstić information content (AvgIpc) is 2.98. The van der Waals surface area contributed by atoms with Gasteiger partial charge < -0.3 is 14.4 Å². The quantitative estimate of drug-likeness (QED) is 0.666. The second kappa shape index (κ2) is 7.47. The van der Waals surface area contributed by atoms with Crippen LogP contribution in [-0.2, 0) is 27.8 Å². The van der Waals surface area contributed by atoms with E-state index in [-0.39, 0.29) is 11.9 Å². The fourth-order valence-electron chi connectivity index (χ4n) is 2.16. The Balaban J connectivity index is 0.000000347. The van der Waals surface area contributed by atoms with Gasteiger partial charge in [0.2, 0.25) is 0 Å². The van der Waals surface area contributed by atoms with Crippen LogP contribution in [0.25, 0.3) is 0 Å². The summed E-state index contributed by atoms with van der Waals surface area (Å²) in [7, 11) is 1.97. The molecule has 0 unspecified atom stereocenters. The van der Waals surface area contributed by atoms with Gasteiger partial charge in [0.25, 0.3) is 0 Å². The number of aliphatic carboxylic acids is 1. The zero-order chi connectivity index (χ0) is 15.1. The van der Waals surface area contributed by atoms with Gasteiger partial charge in [0.05, 0.1) is 18.9 Å². The Labute approximate surface area is 118 Å². The van der Waals surface area contributed by atoms with Crippen LogP contribution in [0.3, 0.4) is 0 Å². The third kappa shape index (κ3) is 4.22. The van der Waals surface area contributed by atoms with Crippen molar-refractivity contribution in [2.24, 2.45) is 18.9 Å². The number of imidazole rings is 1. The van der Waals surface area contributed by atoms with Gasteiger partial charge in [-0.2, -0.15) is 0 Å². The summed E-state index contributed by atoms with van der Waals surface area (Å²) in [5.74, 6) is -0.632. The number of carbonyl (C=O) groups is 2. The Morgan fingerprint density at radius 3 is 2.80 bits per heavy atom. The minimum Gasteiger partial charge on any atom is -0.478 e. The molecule has 1 fully saturated rings. The number of cyclic esters (lactones) is 1. The normalized spacial score (nSPS) is 20.8. The van der Waals surface area contributed by atoms with Crippen LogP contribution in [0.5, 0.6) is 0 Å². The van der Waals surface area contributed by atoms with E-state index in [1.807, 2.05) is 24.7 Å². The molecule has 0 spiro atoms. The van der Waals surface area contributed by atoms with Crippen LogP contribution in [-0.4, -0.2) is 33.2 Å². The molecule has 2 heterocycles. The molecule has 0 radical (unpaired) electrons. The Kier molecular flexibility index (Phi) is 5.96. The number of carbonyl (C=O) groups excluding carboxylic acids is 1. The summed E-state index contributed by atoms with van der Waals surface area (Å²) in [6, 6.07) is 0. The highest BCUT2D eigenvalue weighted by atomic mass is 16.5. The van der Waals surface area contributed by atoms with Crippen LogP contribution in [0, 0.1) is 11.8 Å². The number of carboxylic acids is 1. The van der Waals surface area contributed by atoms with Crippen LogP contribution in [0.15, 0.2) is 25.2 Å². The molecule has 1 aliphatic heterocycles. The topological polar surface area (TPSA) is 81.4 Å². The Morgan fingerprint density at radius 1 is 1.70 bits per heavy atom. The third-order valence-electron chi connectivity index (χ3n) is 3.31. The van der Waals surface area contributed by atoms with Crippen molar-refractivity contribution in [3.05, 3.63) is 30.9 Å². The van der Waals surface area contributed by atoms with Crippen LogP contribution in [0.2, 0.25) is 0 Å². The largest absolute Gasteiger partial charge is 0.478 e. The SMILES string of the molecule is C=CC(=O)O.CC[C@@H]1C(=O)OC[C@@H]1Cc1cncn1C. The summed E-state index contributed by atoms with van der Waals surface area (Å²) in [6.45, 7) is 5.55. The van der Waals surface area contributed by atoms with E-state index in [1.165, 1.54) is 0 Å². The first-order chi connectivity index (χ1) is 9.49. The predicted octanol–water partition coefficient (Wildman–Crippen LogP) is 1.42. The molecule has 6 nitrogen and oxygen atoms in total. The van der Waals surface area contributed by atoms with Gasteiger partial charge in [0.15, 0.2) is 0 Å². The molecular formula is C14H20N2O4. The Bertz CT molecular complexity index is 481. The maximum atomic E-state index is 11.4. The summed E-state index contributed by atoms with van der Waals surface area (Å²) in [5.41, 5.74) is 1.16. The standard InChI is InChI=1S/C11H16N2O2.C3H4O2/c1-3-10-8(6-15-11(10)14)4-9-5-12-7-13(9)2;1-2-3(4)5/h5,7-8,10H,3-4,6H2,1-2H3;2H,1H2,(H,4,5)/t8-,10-;/m0./s1. The van der Waals surface area contributed by atoms with Gasteiger partial charge in [-0.3, -0.25) is 4.79 Å². The van der Waals surface area contributed by atoms with E-state index in [1.54, 1.807) is 6.33 Å². The van der Waals surface area contributed by atoms with Gasteiger partial charge in [0.1, 0.15) is 0 Å². The Morgan fingerprint density at radius 2 is 2.35 bits per heavy atom. The van der Waals surface area contributed by atoms with Gasteiger partial charge in [-0.25, -0.2) is 9.78 Å². The fourth-order valence-corrected chi connectivity index (χ4v) is 2.16. The van der Waals surface area contributed by atoms with Gasteiger partial charge in [0, 0.05) is 30.9 Å². The highest BCUT2D eigenvalue weighted by Gasteiger charge is 2.35. The first-order valence-corrected chi connectivity index (χ1v) is 6.46. The van der Waals surface area contributed by atoms with Gasteiger partial charge >= 0.3 is 11.9 Å². The summed E-state index contributed by atoms with van der Waals surface area (Å²) >= 11 is 0. The van der Waals surface area contributed by atoms with E-state index >= 15 is 0 Å². The number of ether oxygens (including phenoxy) is 1. The van der Waals surface area contributed by atoms with Crippen LogP contribution >= 0.6 is 0 Å². The van der Waals surface area contributed by atoms with Gasteiger partial charge in [-0.1, -0.05) is 13.5 Å². The Hall–Kier alpha value is -2.11. The number of esters is 1. The number of hydrogen-bond donors (Lipinski definition) is 1. The monoisotopic (exact) mass is 280 g/mol. The molecule has 1 aromatic heterocycles. The molecule has 1 aromatic rings. The second-order valence-electron chi connectivity index (χ2n) is 4.65. The molecular weight excluding hydrogens is 260 g/mol. The third-order valence-corrected chi connectivity index (χ3v) is 3.31. The molecule has 0 aliphatic carbocycles. The number of aromatic nitrogens is 2. The van der Waals surface area contributed by atoms with E-state index in [9.17, 15) is 9.59 Å². The molecule has 1 aliphatic rings. The number of nitrogens with zero attached hydrogens (tertiary/aromatic N) is 2. The van der Waals surface area contributed by atoms with E-state index < -0.39 is 5.97 Å². The molecule has 0 aromatic carbocycles. The molecule has 1 N–H and O–H groups in total. The van der Waals surface area contributed by atoms with Crippen molar-refractivity contribution in [1.82, 2.24) is 9.55 Å². The summed E-state index contributed by atoms with van der Waals surface area (Å²) in [4.78, 5) is 24.7. The first kappa shape index (κ1) is 15.9. The minimum atomic E-state index is -0.981. The van der Waals surface area contributed by atoms with E-state index in [0.29, 0.717) is 12.5 Å². The summed E-state index contributed by atoms with van der Waals surface area (Å²) in [5, 5.41) is 7.60. The van der Waals surface area contributed by atoms with E-state index in [2.05, 4.69) is 11.6 Å². The molecule has 0 amide bonds. The second-order valence-corrected chi connectivity index (χ2v) is 4.65. The molecule has 1 saturated heterocycles. The molecule has 0 bridgehead atoms. The van der Waals surface area contributed by atoms with Gasteiger partial charge in [-0.05, 0) is 12.8 Å². The maximum absolute atomic E-state index is 11.4. The zero-order valence-corrected chi connectivity index (χ0v) is 11.8. The predicted molar refractivity (Wildman–Crippen MR) is 73.0 cm³/mol. The average molecular weight is 280 g/mol. The van der Waals surface area contributed by atoms with Crippen molar-refractivity contribution in [2.75, 3.05) is 6.61 Å². The molecule has 110 valence electrons. The summed E-state index contributed by atoms with van der Waals surface area (Å²) in [6.07, 6.45) is 6.21. The van der Waals surface area contributed by atoms with Crippen molar-refractivity contribution < 1.29 is 19.4 Å². The lowest BCUT2D eigenvalue weighted by Gasteiger charge is -2.12. The lowest BCUT2D eigenvalue weighted by atomic mass is 9.89. The van der Waals surface area contributed by atoms with E-state index in [0.717, 1.165) is 24.6 Å². The minimum absolute atomic E-state index is 0.0373. The molecule has 2 rings (SSSR count). The van der Waals surface area contributed by atoms with Crippen LogP contribution in [0.4, 0.5) is 0 Å². The van der Waals surface area contributed by atoms with Crippen molar-refractivity contribution in [2.45, 2.75) is 19.8 Å². The number of hydrogen-bond acceptors (Lipinski definition) is 4. The molecule has 20 heavy (non-hydrogen) atoms. The van der Waals surface area contributed by atoms with Crippen LogP contribution in [0.1, 0.15) is 19.0 Å². The van der Waals surface area contributed by atoms with Crippen molar-refractivity contribution in [3.63, 3.8) is 0 Å². The fraction of sp³-hybridized carbons (Fsp3) is 0.500. The highest BCUT2D eigenvalue weighted by molar-refractivity contribution is 5.78. The molecule has 0 saturated carbocycles. The summed E-state index contributed by atoms with van der Waals surface area (Å²) < 4.78 is 7.08.